The number of hydrogen-bond donors (Lipinski definition) is 3. The number of fused-ring (bicyclic) bond motifs is 1. The number of carboxylic acid groups (broad SMARTS) is 1. The van der Waals surface area contributed by atoms with Crippen LogP contribution in [0.4, 0.5) is 9.52 Å². The van der Waals surface area contributed by atoms with Crippen LogP contribution in [-0.2, 0) is 24.0 Å². The number of carbonyl (C=O) groups excluding carboxylic acids is 2. The first-order valence-electron chi connectivity index (χ1n) is 8.06. The fraction of sp³-hybridized carbons (Fsp3) is 0.400. The molecule has 4 N–H and O–H groups in total. The first-order valence-corrected chi connectivity index (χ1v) is 9.99. The van der Waals surface area contributed by atoms with Crippen molar-refractivity contribution in [3.63, 3.8) is 0 Å². The first kappa shape index (κ1) is 21.0. The molecule has 2 aliphatic rings. The molecule has 156 valence electrons. The summed E-state index contributed by atoms with van der Waals surface area (Å²) in [6, 6.07) is -0.988. The Kier molecular flexibility index (Phi) is 6.34. The van der Waals surface area contributed by atoms with E-state index in [4.69, 9.17) is 10.5 Å². The number of oxime groups is 1. The van der Waals surface area contributed by atoms with Crippen molar-refractivity contribution in [1.29, 1.82) is 0 Å². The van der Waals surface area contributed by atoms with Crippen LogP contribution in [0.3, 0.4) is 0 Å². The molecule has 0 aliphatic carbocycles. The van der Waals surface area contributed by atoms with E-state index in [0.717, 1.165) is 16.2 Å². The molecule has 0 saturated carbocycles. The summed E-state index contributed by atoms with van der Waals surface area (Å²) >= 11 is 2.33. The van der Waals surface area contributed by atoms with Crippen molar-refractivity contribution in [2.75, 3.05) is 32.1 Å². The van der Waals surface area contributed by atoms with Crippen LogP contribution in [-0.4, -0.2) is 76.2 Å². The van der Waals surface area contributed by atoms with Gasteiger partial charge in [-0.05, 0) is 5.57 Å². The van der Waals surface area contributed by atoms with Crippen LogP contribution < -0.4 is 11.1 Å². The molecule has 0 radical (unpaired) electrons. The fourth-order valence-electron chi connectivity index (χ4n) is 2.87. The summed E-state index contributed by atoms with van der Waals surface area (Å²) < 4.78 is 17.3. The molecule has 1 aromatic rings. The second kappa shape index (κ2) is 8.75. The Balaban J connectivity index is 1.79. The Labute approximate surface area is 171 Å². The maximum absolute atomic E-state index is 12.6. The molecule has 2 atom stereocenters. The lowest BCUT2D eigenvalue weighted by Gasteiger charge is -2.49. The molecule has 3 rings (SSSR count). The average Bonchev–Trinajstić information content (AvgIpc) is 3.12. The molecule has 1 fully saturated rings. The maximum Gasteiger partial charge on any atom is 0.352 e. The summed E-state index contributed by atoms with van der Waals surface area (Å²) in [6.45, 7) is -1.19. The van der Waals surface area contributed by atoms with Gasteiger partial charge in [-0.15, -0.1) is 23.1 Å². The smallest absolute Gasteiger partial charge is 0.352 e. The number of nitrogens with two attached hydrogens (primary N) is 1. The number of hydrogen-bond acceptors (Lipinski definition) is 10. The predicted molar refractivity (Wildman–Crippen MR) is 102 cm³/mol. The van der Waals surface area contributed by atoms with E-state index < -0.39 is 36.1 Å². The average molecular weight is 445 g/mol. The van der Waals surface area contributed by atoms with Gasteiger partial charge in [0.05, 0.1) is 6.61 Å². The number of halogens is 1. The van der Waals surface area contributed by atoms with Crippen molar-refractivity contribution in [1.82, 2.24) is 15.2 Å². The normalized spacial score (nSPS) is 21.5. The summed E-state index contributed by atoms with van der Waals surface area (Å²) in [6.07, 6.45) is 0. The zero-order valence-electron chi connectivity index (χ0n) is 15.0. The highest BCUT2D eigenvalue weighted by molar-refractivity contribution is 8.00. The maximum atomic E-state index is 12.6. The topological polar surface area (TPSA) is 156 Å². The molecule has 3 heterocycles. The number of thiazole rings is 1. The van der Waals surface area contributed by atoms with Gasteiger partial charge in [0, 0.05) is 18.2 Å². The van der Waals surface area contributed by atoms with Gasteiger partial charge in [0.2, 0.25) is 0 Å². The van der Waals surface area contributed by atoms with Gasteiger partial charge in [-0.25, -0.2) is 14.2 Å². The highest BCUT2D eigenvalue weighted by Gasteiger charge is 2.54. The molecule has 29 heavy (non-hydrogen) atoms. The van der Waals surface area contributed by atoms with Gasteiger partial charge in [0.25, 0.3) is 18.7 Å². The van der Waals surface area contributed by atoms with Crippen molar-refractivity contribution >= 4 is 51.7 Å². The van der Waals surface area contributed by atoms with E-state index in [1.54, 1.807) is 0 Å². The second-order valence-electron chi connectivity index (χ2n) is 5.80. The zero-order chi connectivity index (χ0) is 21.1. The van der Waals surface area contributed by atoms with Crippen LogP contribution in [0.15, 0.2) is 21.8 Å². The van der Waals surface area contributed by atoms with E-state index in [1.165, 1.54) is 24.3 Å². The van der Waals surface area contributed by atoms with Crippen molar-refractivity contribution in [3.05, 3.63) is 22.3 Å². The molecule has 2 amide bonds. The van der Waals surface area contributed by atoms with Gasteiger partial charge < -0.3 is 25.7 Å². The number of nitrogens with zero attached hydrogens (tertiary/aromatic N) is 3. The minimum atomic E-state index is -1.26. The van der Waals surface area contributed by atoms with Crippen LogP contribution >= 0.6 is 23.1 Å². The molecule has 1 saturated heterocycles. The van der Waals surface area contributed by atoms with Crippen molar-refractivity contribution in [2.24, 2.45) is 5.16 Å². The Morgan fingerprint density at radius 1 is 1.55 bits per heavy atom. The third-order valence-corrected chi connectivity index (χ3v) is 6.05. The van der Waals surface area contributed by atoms with E-state index in [-0.39, 0.29) is 28.8 Å². The van der Waals surface area contributed by atoms with Crippen LogP contribution in [0, 0.1) is 0 Å². The van der Waals surface area contributed by atoms with E-state index in [0.29, 0.717) is 11.3 Å². The van der Waals surface area contributed by atoms with E-state index in [9.17, 15) is 23.9 Å². The molecule has 0 spiro atoms. The number of aromatic nitrogens is 1. The number of nitrogen functional groups attached to an aromatic ring is 1. The third kappa shape index (κ3) is 4.04. The van der Waals surface area contributed by atoms with Crippen LogP contribution in [0.1, 0.15) is 5.69 Å². The number of β-lactam (4-membered cyclic amide) rings is 1. The molecular weight excluding hydrogens is 429 g/mol. The minimum absolute atomic E-state index is 0.0619. The molecule has 0 unspecified atom stereocenters. The Morgan fingerprint density at radius 2 is 2.31 bits per heavy atom. The van der Waals surface area contributed by atoms with Gasteiger partial charge in [-0.3, -0.25) is 14.5 Å². The number of rotatable bonds is 8. The molecule has 2 aliphatic heterocycles. The standard InChI is InChI=1S/C15H16FN5O6S2/c1-26-2-6-3-28-13-9(12(23)21(13)10(6)14(24)25)19-11(22)8(20-27-5-16)7-4-29-15(17)18-7/h4,9,13H,2-3,5H2,1H3,(H2,17,18)(H,19,22)(H,24,25)/b20-8-/t9-,13-/m1/s1. The molecule has 14 heteroatoms. The number of alkyl halides is 1. The highest BCUT2D eigenvalue weighted by Crippen LogP contribution is 2.40. The van der Waals surface area contributed by atoms with Crippen LogP contribution in [0.2, 0.25) is 0 Å². The van der Waals surface area contributed by atoms with Crippen molar-refractivity contribution in [2.45, 2.75) is 11.4 Å². The Morgan fingerprint density at radius 3 is 2.90 bits per heavy atom. The highest BCUT2D eigenvalue weighted by atomic mass is 32.2. The lowest BCUT2D eigenvalue weighted by atomic mass is 10.0. The van der Waals surface area contributed by atoms with E-state index in [2.05, 4.69) is 20.3 Å². The van der Waals surface area contributed by atoms with Gasteiger partial charge >= 0.3 is 5.97 Å². The Hall–Kier alpha value is -2.71. The number of thioether (sulfide) groups is 1. The lowest BCUT2D eigenvalue weighted by Crippen LogP contribution is -2.71. The van der Waals surface area contributed by atoms with E-state index in [1.807, 2.05) is 0 Å². The largest absolute Gasteiger partial charge is 0.477 e. The number of amides is 2. The summed E-state index contributed by atoms with van der Waals surface area (Å²) in [5.74, 6) is -2.35. The molecule has 11 nitrogen and oxygen atoms in total. The zero-order valence-corrected chi connectivity index (χ0v) is 16.6. The predicted octanol–water partition coefficient (Wildman–Crippen LogP) is -0.242. The molecule has 1 aromatic heterocycles. The van der Waals surface area contributed by atoms with E-state index >= 15 is 0 Å². The second-order valence-corrected chi connectivity index (χ2v) is 7.80. The number of anilines is 1. The fourth-order valence-corrected chi connectivity index (χ4v) is 4.74. The van der Waals surface area contributed by atoms with Crippen LogP contribution in [0.5, 0.6) is 0 Å². The molecule has 0 bridgehead atoms. The van der Waals surface area contributed by atoms with Crippen molar-refractivity contribution < 1.29 is 33.5 Å². The summed E-state index contributed by atoms with van der Waals surface area (Å²) in [4.78, 5) is 46.2. The van der Waals surface area contributed by atoms with Gasteiger partial charge in [0.15, 0.2) is 10.8 Å². The molecule has 0 aromatic carbocycles. The van der Waals surface area contributed by atoms with Gasteiger partial charge in [-0.1, -0.05) is 5.16 Å². The minimum Gasteiger partial charge on any atom is -0.477 e. The number of ether oxygens (including phenoxy) is 1. The first-order chi connectivity index (χ1) is 13.9. The lowest BCUT2D eigenvalue weighted by molar-refractivity contribution is -0.150. The number of carboxylic acids is 1. The third-order valence-electron chi connectivity index (χ3n) is 4.04. The summed E-state index contributed by atoms with van der Waals surface area (Å²) in [5, 5.41) is 16.4. The number of carbonyl (C=O) groups is 3. The van der Waals surface area contributed by atoms with Gasteiger partial charge in [-0.2, -0.15) is 0 Å². The monoisotopic (exact) mass is 445 g/mol. The van der Waals surface area contributed by atoms with Gasteiger partial charge in [0.1, 0.15) is 22.8 Å². The Bertz CT molecular complexity index is 904. The number of methoxy groups -OCH3 is 1. The summed E-state index contributed by atoms with van der Waals surface area (Å²) in [5.41, 5.74) is 5.58. The van der Waals surface area contributed by atoms with Crippen molar-refractivity contribution in [3.8, 4) is 0 Å². The summed E-state index contributed by atoms with van der Waals surface area (Å²) in [7, 11) is 1.43. The SMILES string of the molecule is COCC1=C(C(=O)O)N2C(=O)[C@@H](NC(=O)/C(=N\OCF)c3csc(N)n3)[C@H]2SC1. The van der Waals surface area contributed by atoms with Crippen LogP contribution in [0.25, 0.3) is 0 Å². The number of aliphatic carboxylic acids is 1. The number of nitrogens with one attached hydrogen (secondary N) is 1. The quantitative estimate of drug-likeness (QED) is 0.279. The molecular formula is C15H16FN5O6S2.